The largest absolute Gasteiger partial charge is 0.383 e. The smallest absolute Gasteiger partial charge is 0.142 e. The van der Waals surface area contributed by atoms with Crippen LogP contribution in [-0.2, 0) is 7.05 Å². The molecule has 1 heterocycles. The van der Waals surface area contributed by atoms with E-state index in [9.17, 15) is 0 Å². The van der Waals surface area contributed by atoms with E-state index in [0.717, 1.165) is 22.6 Å². The van der Waals surface area contributed by atoms with Crippen LogP contribution in [0, 0.1) is 13.8 Å². The molecule has 3 aromatic rings. The Hall–Kier alpha value is -2.55. The van der Waals surface area contributed by atoms with E-state index in [4.69, 9.17) is 10.7 Å². The fourth-order valence-corrected chi connectivity index (χ4v) is 2.55. The van der Waals surface area contributed by atoms with E-state index in [0.29, 0.717) is 5.82 Å². The lowest BCUT2D eigenvalue weighted by atomic mass is 10.0. The van der Waals surface area contributed by atoms with Crippen molar-refractivity contribution in [3.63, 3.8) is 0 Å². The molecule has 1 aromatic heterocycles. The lowest BCUT2D eigenvalue weighted by Crippen LogP contribution is -1.99. The number of benzene rings is 2. The van der Waals surface area contributed by atoms with Gasteiger partial charge in [-0.2, -0.15) is 0 Å². The minimum absolute atomic E-state index is 0.697. The molecule has 0 bridgehead atoms. The van der Waals surface area contributed by atoms with Crippen LogP contribution in [0.5, 0.6) is 0 Å². The summed E-state index contributed by atoms with van der Waals surface area (Å²) in [5.41, 5.74) is 11.7. The first-order valence-corrected chi connectivity index (χ1v) is 7.03. The maximum Gasteiger partial charge on any atom is 0.142 e. The maximum atomic E-state index is 6.29. The van der Waals surface area contributed by atoms with Crippen LogP contribution in [0.2, 0.25) is 0 Å². The highest BCUT2D eigenvalue weighted by molar-refractivity contribution is 5.77. The Labute approximate surface area is 125 Å². The summed E-state index contributed by atoms with van der Waals surface area (Å²) in [5.74, 6) is 1.59. The monoisotopic (exact) mass is 277 g/mol. The van der Waals surface area contributed by atoms with Crippen LogP contribution in [0.1, 0.15) is 11.1 Å². The number of hydrogen-bond donors (Lipinski definition) is 1. The molecule has 0 saturated carbocycles. The van der Waals surface area contributed by atoms with Crippen molar-refractivity contribution >= 4 is 5.82 Å². The third kappa shape index (κ3) is 2.31. The predicted molar refractivity (Wildman–Crippen MR) is 88.0 cm³/mol. The van der Waals surface area contributed by atoms with E-state index < -0.39 is 0 Å². The van der Waals surface area contributed by atoms with Gasteiger partial charge in [0.1, 0.15) is 17.3 Å². The van der Waals surface area contributed by atoms with Crippen LogP contribution < -0.4 is 5.73 Å². The molecule has 106 valence electrons. The molecule has 0 aliphatic carbocycles. The van der Waals surface area contributed by atoms with Crippen LogP contribution in [-0.4, -0.2) is 9.55 Å². The molecule has 0 aliphatic heterocycles. The standard InChI is InChI=1S/C18H19N3/c1-12-9-10-13(2)15(11-12)16-17(19)21(3)18(20-16)14-7-5-4-6-8-14/h4-11H,19H2,1-3H3. The number of rotatable bonds is 2. The second kappa shape index (κ2) is 5.09. The van der Waals surface area contributed by atoms with Crippen LogP contribution in [0.25, 0.3) is 22.6 Å². The Kier molecular flexibility index (Phi) is 3.26. The van der Waals surface area contributed by atoms with Crippen molar-refractivity contribution in [1.29, 1.82) is 0 Å². The number of nitrogens with two attached hydrogens (primary N) is 1. The van der Waals surface area contributed by atoms with Gasteiger partial charge in [0, 0.05) is 18.2 Å². The number of hydrogen-bond acceptors (Lipinski definition) is 2. The van der Waals surface area contributed by atoms with E-state index in [-0.39, 0.29) is 0 Å². The number of aromatic nitrogens is 2. The van der Waals surface area contributed by atoms with Gasteiger partial charge in [0.2, 0.25) is 0 Å². The number of aryl methyl sites for hydroxylation is 2. The zero-order chi connectivity index (χ0) is 15.0. The van der Waals surface area contributed by atoms with Crippen molar-refractivity contribution in [3.05, 3.63) is 59.7 Å². The lowest BCUT2D eigenvalue weighted by Gasteiger charge is -2.05. The van der Waals surface area contributed by atoms with Crippen LogP contribution >= 0.6 is 0 Å². The summed E-state index contributed by atoms with van der Waals surface area (Å²) in [5, 5.41) is 0. The Morgan fingerprint density at radius 1 is 1.00 bits per heavy atom. The van der Waals surface area contributed by atoms with Gasteiger partial charge in [-0.15, -0.1) is 0 Å². The molecule has 3 heteroatoms. The molecule has 0 unspecified atom stereocenters. The molecular weight excluding hydrogens is 258 g/mol. The maximum absolute atomic E-state index is 6.29. The molecule has 0 radical (unpaired) electrons. The second-order valence-corrected chi connectivity index (χ2v) is 5.41. The van der Waals surface area contributed by atoms with Gasteiger partial charge in [-0.25, -0.2) is 4.98 Å². The van der Waals surface area contributed by atoms with Crippen molar-refractivity contribution in [2.75, 3.05) is 5.73 Å². The zero-order valence-corrected chi connectivity index (χ0v) is 12.6. The molecule has 0 amide bonds. The topological polar surface area (TPSA) is 43.8 Å². The molecule has 0 atom stereocenters. The number of imidazole rings is 1. The van der Waals surface area contributed by atoms with Crippen LogP contribution in [0.3, 0.4) is 0 Å². The minimum Gasteiger partial charge on any atom is -0.383 e. The Morgan fingerprint density at radius 3 is 2.43 bits per heavy atom. The zero-order valence-electron chi connectivity index (χ0n) is 12.6. The molecule has 3 nitrogen and oxygen atoms in total. The van der Waals surface area contributed by atoms with E-state index in [2.05, 4.69) is 44.2 Å². The summed E-state index contributed by atoms with van der Waals surface area (Å²) in [6.45, 7) is 4.17. The average Bonchev–Trinajstić information content (AvgIpc) is 2.79. The Bertz CT molecular complexity index is 786. The Balaban J connectivity index is 2.20. The SMILES string of the molecule is Cc1ccc(C)c(-c2nc(-c3ccccc3)n(C)c2N)c1. The highest BCUT2D eigenvalue weighted by Gasteiger charge is 2.16. The molecule has 21 heavy (non-hydrogen) atoms. The number of anilines is 1. The first kappa shape index (κ1) is 13.4. The average molecular weight is 277 g/mol. The van der Waals surface area contributed by atoms with Gasteiger partial charge < -0.3 is 10.3 Å². The molecule has 2 aromatic carbocycles. The first-order chi connectivity index (χ1) is 10.1. The molecular formula is C18H19N3. The van der Waals surface area contributed by atoms with Crippen molar-refractivity contribution in [3.8, 4) is 22.6 Å². The number of nitrogens with zero attached hydrogens (tertiary/aromatic N) is 2. The first-order valence-electron chi connectivity index (χ1n) is 7.03. The summed E-state index contributed by atoms with van der Waals surface area (Å²) in [6, 6.07) is 16.5. The normalized spacial score (nSPS) is 10.8. The summed E-state index contributed by atoms with van der Waals surface area (Å²) in [7, 11) is 1.96. The third-order valence-electron chi connectivity index (χ3n) is 3.82. The van der Waals surface area contributed by atoms with Crippen molar-refractivity contribution in [2.45, 2.75) is 13.8 Å². The van der Waals surface area contributed by atoms with Gasteiger partial charge in [-0.3, -0.25) is 0 Å². The molecule has 0 spiro atoms. The highest BCUT2D eigenvalue weighted by atomic mass is 15.1. The molecule has 0 aliphatic rings. The second-order valence-electron chi connectivity index (χ2n) is 5.41. The highest BCUT2D eigenvalue weighted by Crippen LogP contribution is 2.32. The van der Waals surface area contributed by atoms with Crippen LogP contribution in [0.4, 0.5) is 5.82 Å². The minimum atomic E-state index is 0.697. The molecule has 3 rings (SSSR count). The summed E-state index contributed by atoms with van der Waals surface area (Å²) < 4.78 is 1.95. The van der Waals surface area contributed by atoms with Gasteiger partial charge in [0.15, 0.2) is 0 Å². The lowest BCUT2D eigenvalue weighted by molar-refractivity contribution is 0.937. The van der Waals surface area contributed by atoms with E-state index in [1.54, 1.807) is 0 Å². The summed E-state index contributed by atoms with van der Waals surface area (Å²) in [4.78, 5) is 4.79. The summed E-state index contributed by atoms with van der Waals surface area (Å²) in [6.07, 6.45) is 0. The van der Waals surface area contributed by atoms with Crippen molar-refractivity contribution in [1.82, 2.24) is 9.55 Å². The predicted octanol–water partition coefficient (Wildman–Crippen LogP) is 3.95. The fraction of sp³-hybridized carbons (Fsp3) is 0.167. The third-order valence-corrected chi connectivity index (χ3v) is 3.82. The van der Waals surface area contributed by atoms with Gasteiger partial charge in [0.05, 0.1) is 0 Å². The van der Waals surface area contributed by atoms with Gasteiger partial charge in [0.25, 0.3) is 0 Å². The van der Waals surface area contributed by atoms with Crippen LogP contribution in [0.15, 0.2) is 48.5 Å². The van der Waals surface area contributed by atoms with E-state index in [1.807, 2.05) is 29.8 Å². The molecule has 2 N–H and O–H groups in total. The van der Waals surface area contributed by atoms with E-state index >= 15 is 0 Å². The quantitative estimate of drug-likeness (QED) is 0.770. The van der Waals surface area contributed by atoms with Gasteiger partial charge in [-0.05, 0) is 25.5 Å². The molecule has 0 saturated heterocycles. The Morgan fingerprint density at radius 2 is 1.71 bits per heavy atom. The fourth-order valence-electron chi connectivity index (χ4n) is 2.55. The van der Waals surface area contributed by atoms with Gasteiger partial charge >= 0.3 is 0 Å². The summed E-state index contributed by atoms with van der Waals surface area (Å²) >= 11 is 0. The van der Waals surface area contributed by atoms with Gasteiger partial charge in [-0.1, -0.05) is 48.0 Å². The number of nitrogen functional groups attached to an aromatic ring is 1. The van der Waals surface area contributed by atoms with Crippen molar-refractivity contribution < 1.29 is 0 Å². The van der Waals surface area contributed by atoms with E-state index in [1.165, 1.54) is 11.1 Å². The molecule has 0 fully saturated rings. The van der Waals surface area contributed by atoms with Crippen molar-refractivity contribution in [2.24, 2.45) is 7.05 Å².